The van der Waals surface area contributed by atoms with E-state index in [1.165, 1.54) is 18.2 Å². The van der Waals surface area contributed by atoms with Gasteiger partial charge in [-0.05, 0) is 36.4 Å². The van der Waals surface area contributed by atoms with Crippen LogP contribution in [0, 0.1) is 5.82 Å². The van der Waals surface area contributed by atoms with Gasteiger partial charge in [-0.25, -0.2) is 4.39 Å². The normalized spacial score (nSPS) is 13.7. The van der Waals surface area contributed by atoms with Crippen LogP contribution in [0.15, 0.2) is 54.9 Å². The van der Waals surface area contributed by atoms with Gasteiger partial charge in [-0.15, -0.1) is 0 Å². The minimum atomic E-state index is -0.564. The average molecular weight is 476 g/mol. The maximum absolute atomic E-state index is 14.2. The molecule has 4 rings (SSSR count). The molecule has 9 heteroatoms. The van der Waals surface area contributed by atoms with Crippen molar-refractivity contribution in [3.05, 3.63) is 81.8 Å². The maximum Gasteiger partial charge on any atom is 0.255 e. The van der Waals surface area contributed by atoms with E-state index in [4.69, 9.17) is 32.7 Å². The molecule has 3 aromatic rings. The van der Waals surface area contributed by atoms with Gasteiger partial charge in [-0.1, -0.05) is 29.3 Å². The highest BCUT2D eigenvalue weighted by Gasteiger charge is 2.19. The molecule has 0 aliphatic carbocycles. The summed E-state index contributed by atoms with van der Waals surface area (Å²) in [4.78, 5) is 18.8. The molecule has 2 heterocycles. The number of ether oxygens (including phenoxy) is 2. The summed E-state index contributed by atoms with van der Waals surface area (Å²) < 4.78 is 25.1. The average Bonchev–Trinajstić information content (AvgIpc) is 2.79. The molecular formula is C23H20Cl2FN3O3. The Morgan fingerprint density at radius 2 is 1.91 bits per heavy atom. The number of anilines is 2. The number of nitrogens with zero attached hydrogens (tertiary/aromatic N) is 2. The van der Waals surface area contributed by atoms with Crippen LogP contribution >= 0.6 is 23.2 Å². The van der Waals surface area contributed by atoms with Crippen LogP contribution in [-0.2, 0) is 11.3 Å². The fourth-order valence-corrected chi connectivity index (χ4v) is 4.06. The molecule has 0 spiro atoms. The number of hydrogen-bond donors (Lipinski definition) is 1. The highest BCUT2D eigenvalue weighted by molar-refractivity contribution is 6.39. The molecule has 1 aliphatic rings. The highest BCUT2D eigenvalue weighted by atomic mass is 35.5. The van der Waals surface area contributed by atoms with Crippen molar-refractivity contribution in [1.82, 2.24) is 4.98 Å². The molecule has 1 N–H and O–H groups in total. The van der Waals surface area contributed by atoms with Gasteiger partial charge in [0.1, 0.15) is 6.61 Å². The standard InChI is InChI=1S/C23H20Cl2FN3O3/c24-18-11-17(12-19(25)22(18)29-6-8-31-9-7-29)28-23(30)16-3-4-20(26)21(10-16)32-14-15-2-1-5-27-13-15/h1-5,10-13H,6-9,14H2,(H,28,30). The van der Waals surface area contributed by atoms with Crippen LogP contribution in [0.2, 0.25) is 10.0 Å². The number of halogens is 3. The topological polar surface area (TPSA) is 63.7 Å². The number of morpholine rings is 1. The summed E-state index contributed by atoms with van der Waals surface area (Å²) in [5.74, 6) is -1.03. The molecule has 1 saturated heterocycles. The minimum Gasteiger partial charge on any atom is -0.486 e. The number of nitrogens with one attached hydrogen (secondary N) is 1. The van der Waals surface area contributed by atoms with Crippen LogP contribution in [-0.4, -0.2) is 37.2 Å². The first-order valence-electron chi connectivity index (χ1n) is 9.95. The van der Waals surface area contributed by atoms with Crippen molar-refractivity contribution >= 4 is 40.5 Å². The third kappa shape index (κ3) is 5.30. The first-order valence-corrected chi connectivity index (χ1v) is 10.7. The lowest BCUT2D eigenvalue weighted by atomic mass is 10.1. The van der Waals surface area contributed by atoms with E-state index in [1.54, 1.807) is 30.6 Å². The molecular weight excluding hydrogens is 456 g/mol. The Kier molecular flexibility index (Phi) is 7.09. The molecule has 0 saturated carbocycles. The monoisotopic (exact) mass is 475 g/mol. The summed E-state index contributed by atoms with van der Waals surface area (Å²) in [6.07, 6.45) is 3.27. The Hall–Kier alpha value is -2.87. The maximum atomic E-state index is 14.2. The first-order chi connectivity index (χ1) is 15.5. The summed E-state index contributed by atoms with van der Waals surface area (Å²) >= 11 is 12.9. The van der Waals surface area contributed by atoms with E-state index in [0.29, 0.717) is 47.7 Å². The van der Waals surface area contributed by atoms with Crippen molar-refractivity contribution in [2.45, 2.75) is 6.61 Å². The van der Waals surface area contributed by atoms with Gasteiger partial charge >= 0.3 is 0 Å². The lowest BCUT2D eigenvalue weighted by molar-refractivity contribution is 0.102. The Morgan fingerprint density at radius 3 is 2.59 bits per heavy atom. The molecule has 0 unspecified atom stereocenters. The fraction of sp³-hybridized carbons (Fsp3) is 0.217. The molecule has 1 fully saturated rings. The number of carbonyl (C=O) groups excluding carboxylic acids is 1. The predicted octanol–water partition coefficient (Wildman–Crippen LogP) is 5.20. The third-order valence-electron chi connectivity index (χ3n) is 4.91. The summed E-state index contributed by atoms with van der Waals surface area (Å²) in [5, 5.41) is 3.60. The Morgan fingerprint density at radius 1 is 1.16 bits per heavy atom. The van der Waals surface area contributed by atoms with Crippen molar-refractivity contribution in [3.8, 4) is 5.75 Å². The van der Waals surface area contributed by atoms with Crippen molar-refractivity contribution in [3.63, 3.8) is 0 Å². The van der Waals surface area contributed by atoms with E-state index in [9.17, 15) is 9.18 Å². The number of pyridine rings is 1. The number of amides is 1. The molecule has 1 amide bonds. The molecule has 6 nitrogen and oxygen atoms in total. The van der Waals surface area contributed by atoms with Crippen LogP contribution < -0.4 is 15.0 Å². The fourth-order valence-electron chi connectivity index (χ4n) is 3.33. The van der Waals surface area contributed by atoms with Gasteiger partial charge in [0.05, 0.1) is 28.9 Å². The number of benzene rings is 2. The Bertz CT molecular complexity index is 1090. The van der Waals surface area contributed by atoms with E-state index in [0.717, 1.165) is 5.56 Å². The molecule has 0 atom stereocenters. The largest absolute Gasteiger partial charge is 0.486 e. The molecule has 166 valence electrons. The van der Waals surface area contributed by atoms with Crippen LogP contribution in [0.3, 0.4) is 0 Å². The zero-order valence-electron chi connectivity index (χ0n) is 17.0. The number of carbonyl (C=O) groups is 1. The highest BCUT2D eigenvalue weighted by Crippen LogP contribution is 2.37. The molecule has 1 aliphatic heterocycles. The van der Waals surface area contributed by atoms with E-state index < -0.39 is 11.7 Å². The molecule has 2 aromatic carbocycles. The quantitative estimate of drug-likeness (QED) is 0.530. The second kappa shape index (κ2) is 10.2. The second-order valence-corrected chi connectivity index (χ2v) is 7.95. The minimum absolute atomic E-state index is 0.0276. The summed E-state index contributed by atoms with van der Waals surface area (Å²) in [6.45, 7) is 2.69. The molecule has 32 heavy (non-hydrogen) atoms. The van der Waals surface area contributed by atoms with Crippen LogP contribution in [0.4, 0.5) is 15.8 Å². The Labute approximate surface area is 194 Å². The van der Waals surface area contributed by atoms with Crippen molar-refractivity contribution in [2.24, 2.45) is 0 Å². The SMILES string of the molecule is O=C(Nc1cc(Cl)c(N2CCOCC2)c(Cl)c1)c1ccc(F)c(OCc2cccnc2)c1. The van der Waals surface area contributed by atoms with Crippen LogP contribution in [0.1, 0.15) is 15.9 Å². The van der Waals surface area contributed by atoms with Gasteiger partial charge in [-0.2, -0.15) is 0 Å². The van der Waals surface area contributed by atoms with E-state index in [1.807, 2.05) is 11.0 Å². The lowest BCUT2D eigenvalue weighted by Gasteiger charge is -2.30. The zero-order chi connectivity index (χ0) is 22.5. The van der Waals surface area contributed by atoms with E-state index in [2.05, 4.69) is 10.3 Å². The number of aromatic nitrogens is 1. The summed E-state index contributed by atoms with van der Waals surface area (Å²) in [5.41, 5.74) is 2.16. The smallest absolute Gasteiger partial charge is 0.255 e. The molecule has 0 bridgehead atoms. The van der Waals surface area contributed by atoms with Crippen molar-refractivity contribution in [1.29, 1.82) is 0 Å². The van der Waals surface area contributed by atoms with Gasteiger partial charge in [0.2, 0.25) is 0 Å². The van der Waals surface area contributed by atoms with Crippen LogP contribution in [0.5, 0.6) is 5.75 Å². The van der Waals surface area contributed by atoms with E-state index in [-0.39, 0.29) is 17.9 Å². The van der Waals surface area contributed by atoms with Gasteiger partial charge in [-0.3, -0.25) is 9.78 Å². The van der Waals surface area contributed by atoms with Crippen LogP contribution in [0.25, 0.3) is 0 Å². The Balaban J connectivity index is 1.47. The van der Waals surface area contributed by atoms with Crippen molar-refractivity contribution < 1.29 is 18.7 Å². The van der Waals surface area contributed by atoms with Crippen molar-refractivity contribution in [2.75, 3.05) is 36.5 Å². The molecule has 1 aromatic heterocycles. The van der Waals surface area contributed by atoms with Gasteiger partial charge in [0.25, 0.3) is 5.91 Å². The third-order valence-corrected chi connectivity index (χ3v) is 5.49. The number of hydrogen-bond acceptors (Lipinski definition) is 5. The van der Waals surface area contributed by atoms with Gasteiger partial charge in [0, 0.05) is 42.3 Å². The predicted molar refractivity (Wildman–Crippen MR) is 122 cm³/mol. The number of rotatable bonds is 6. The molecule has 0 radical (unpaired) electrons. The zero-order valence-corrected chi connectivity index (χ0v) is 18.5. The second-order valence-electron chi connectivity index (χ2n) is 7.14. The first kappa shape index (κ1) is 22.3. The van der Waals surface area contributed by atoms with Gasteiger partial charge < -0.3 is 19.7 Å². The summed E-state index contributed by atoms with van der Waals surface area (Å²) in [7, 11) is 0. The lowest BCUT2D eigenvalue weighted by Crippen LogP contribution is -2.36. The van der Waals surface area contributed by atoms with E-state index >= 15 is 0 Å². The summed E-state index contributed by atoms with van der Waals surface area (Å²) in [6, 6.07) is 10.8. The van der Waals surface area contributed by atoms with Gasteiger partial charge in [0.15, 0.2) is 11.6 Å².